The van der Waals surface area contributed by atoms with Crippen LogP contribution in [0, 0.1) is 0 Å². The normalized spacial score (nSPS) is 13.7. The van der Waals surface area contributed by atoms with E-state index in [1.54, 1.807) is 6.92 Å². The molecule has 3 N–H and O–H groups in total. The summed E-state index contributed by atoms with van der Waals surface area (Å²) in [5, 5.41) is 21.7. The van der Waals surface area contributed by atoms with E-state index in [9.17, 15) is 5.11 Å². The van der Waals surface area contributed by atoms with E-state index in [1.807, 2.05) is 84.7 Å². The minimum absolute atomic E-state index is 0.276. The Morgan fingerprint density at radius 3 is 2.45 bits per heavy atom. The van der Waals surface area contributed by atoms with Crippen molar-refractivity contribution in [3.05, 3.63) is 84.2 Å². The number of benzene rings is 2. The van der Waals surface area contributed by atoms with Gasteiger partial charge in [-0.2, -0.15) is 5.10 Å². The molecule has 152 valence electrons. The first-order valence-corrected chi connectivity index (χ1v) is 9.97. The van der Waals surface area contributed by atoms with Crippen LogP contribution in [0.5, 0.6) is 0 Å². The maximum Gasteiger partial charge on any atom is 0.191 e. The van der Waals surface area contributed by atoms with Crippen molar-refractivity contribution in [3.8, 4) is 5.69 Å². The van der Waals surface area contributed by atoms with Crippen LogP contribution in [0.25, 0.3) is 5.69 Å². The second-order valence-electron chi connectivity index (χ2n) is 7.14. The number of nitrogens with one attached hydrogen (secondary N) is 2. The molecule has 3 rings (SSSR count). The van der Waals surface area contributed by atoms with Gasteiger partial charge in [-0.1, -0.05) is 48.5 Å². The summed E-state index contributed by atoms with van der Waals surface area (Å²) in [6, 6.07) is 19.7. The topological polar surface area (TPSA) is 74.5 Å². The van der Waals surface area contributed by atoms with Crippen LogP contribution >= 0.6 is 0 Å². The van der Waals surface area contributed by atoms with Gasteiger partial charge in [-0.3, -0.25) is 0 Å². The summed E-state index contributed by atoms with van der Waals surface area (Å²) in [6.45, 7) is 5.56. The molecule has 2 aromatic carbocycles. The molecule has 1 aromatic heterocycles. The molecule has 0 aliphatic carbocycles. The molecule has 0 spiro atoms. The van der Waals surface area contributed by atoms with Crippen molar-refractivity contribution in [2.45, 2.75) is 25.9 Å². The third kappa shape index (κ3) is 5.93. The number of aliphatic hydroxyl groups is 1. The van der Waals surface area contributed by atoms with Crippen molar-refractivity contribution in [2.75, 3.05) is 19.6 Å². The third-order valence-corrected chi connectivity index (χ3v) is 4.65. The summed E-state index contributed by atoms with van der Waals surface area (Å²) in [4.78, 5) is 4.57. The number of guanidine groups is 1. The highest BCUT2D eigenvalue weighted by atomic mass is 16.3. The number of hydrogen-bond acceptors (Lipinski definition) is 3. The SMILES string of the molecule is CCNC(=NCC(C)(O)c1ccccc1)NCCc1cnn(-c2ccccc2)c1. The lowest BCUT2D eigenvalue weighted by Crippen LogP contribution is -2.39. The van der Waals surface area contributed by atoms with E-state index in [2.05, 4.69) is 20.7 Å². The molecular formula is C23H29N5O. The number of rotatable bonds is 8. The largest absolute Gasteiger partial charge is 0.384 e. The van der Waals surface area contributed by atoms with Crippen LogP contribution in [0.4, 0.5) is 0 Å². The summed E-state index contributed by atoms with van der Waals surface area (Å²) >= 11 is 0. The third-order valence-electron chi connectivity index (χ3n) is 4.65. The first-order valence-electron chi connectivity index (χ1n) is 9.97. The molecular weight excluding hydrogens is 362 g/mol. The van der Waals surface area contributed by atoms with Crippen LogP contribution in [-0.2, 0) is 12.0 Å². The maximum absolute atomic E-state index is 10.7. The standard InChI is InChI=1S/C23H29N5O/c1-3-24-22(26-18-23(2,29)20-10-6-4-7-11-20)25-15-14-19-16-27-28(17-19)21-12-8-5-9-13-21/h4-13,16-17,29H,3,14-15,18H2,1-2H3,(H2,24,25,26). The Kier molecular flexibility index (Phi) is 7.03. The van der Waals surface area contributed by atoms with Crippen LogP contribution in [0.15, 0.2) is 78.0 Å². The molecule has 6 heteroatoms. The van der Waals surface area contributed by atoms with E-state index in [1.165, 1.54) is 0 Å². The lowest BCUT2D eigenvalue weighted by atomic mass is 9.96. The Morgan fingerprint density at radius 2 is 1.76 bits per heavy atom. The molecule has 0 saturated carbocycles. The molecule has 0 bridgehead atoms. The van der Waals surface area contributed by atoms with E-state index >= 15 is 0 Å². The van der Waals surface area contributed by atoms with Crippen molar-refractivity contribution < 1.29 is 5.11 Å². The second-order valence-corrected chi connectivity index (χ2v) is 7.14. The van der Waals surface area contributed by atoms with Gasteiger partial charge in [0.05, 0.1) is 18.4 Å². The summed E-state index contributed by atoms with van der Waals surface area (Å²) in [6.07, 6.45) is 4.76. The minimum atomic E-state index is -1.01. The number of nitrogens with zero attached hydrogens (tertiary/aromatic N) is 3. The fourth-order valence-corrected chi connectivity index (χ4v) is 3.00. The maximum atomic E-state index is 10.7. The Bertz CT molecular complexity index is 903. The van der Waals surface area contributed by atoms with E-state index in [0.717, 1.165) is 36.3 Å². The van der Waals surface area contributed by atoms with Crippen molar-refractivity contribution in [1.82, 2.24) is 20.4 Å². The van der Waals surface area contributed by atoms with Gasteiger partial charge in [-0.15, -0.1) is 0 Å². The van der Waals surface area contributed by atoms with Crippen molar-refractivity contribution in [1.29, 1.82) is 0 Å². The van der Waals surface area contributed by atoms with Gasteiger partial charge < -0.3 is 15.7 Å². The van der Waals surface area contributed by atoms with Crippen LogP contribution in [0.2, 0.25) is 0 Å². The second kappa shape index (κ2) is 9.89. The van der Waals surface area contributed by atoms with Crippen LogP contribution in [0.3, 0.4) is 0 Å². The Balaban J connectivity index is 1.56. The van der Waals surface area contributed by atoms with Gasteiger partial charge in [0.1, 0.15) is 5.60 Å². The lowest BCUT2D eigenvalue weighted by Gasteiger charge is -2.22. The van der Waals surface area contributed by atoms with Crippen molar-refractivity contribution >= 4 is 5.96 Å². The van der Waals surface area contributed by atoms with Crippen LogP contribution in [0.1, 0.15) is 25.0 Å². The molecule has 3 aromatic rings. The number of aromatic nitrogens is 2. The summed E-state index contributed by atoms with van der Waals surface area (Å²) in [7, 11) is 0. The molecule has 0 saturated heterocycles. The number of para-hydroxylation sites is 1. The van der Waals surface area contributed by atoms with Gasteiger partial charge in [0, 0.05) is 19.3 Å². The van der Waals surface area contributed by atoms with Crippen molar-refractivity contribution in [3.63, 3.8) is 0 Å². The molecule has 0 fully saturated rings. The van der Waals surface area contributed by atoms with E-state index in [4.69, 9.17) is 0 Å². The zero-order valence-corrected chi connectivity index (χ0v) is 17.0. The fourth-order valence-electron chi connectivity index (χ4n) is 3.00. The smallest absolute Gasteiger partial charge is 0.191 e. The molecule has 0 amide bonds. The van der Waals surface area contributed by atoms with Crippen LogP contribution in [-0.4, -0.2) is 40.5 Å². The van der Waals surface area contributed by atoms with Gasteiger partial charge in [-0.25, -0.2) is 9.67 Å². The lowest BCUT2D eigenvalue weighted by molar-refractivity contribution is 0.0672. The first-order chi connectivity index (χ1) is 14.1. The monoisotopic (exact) mass is 391 g/mol. The molecule has 0 radical (unpaired) electrons. The highest BCUT2D eigenvalue weighted by Gasteiger charge is 2.22. The molecule has 1 heterocycles. The zero-order chi connectivity index (χ0) is 20.5. The van der Waals surface area contributed by atoms with Gasteiger partial charge in [-0.05, 0) is 43.5 Å². The highest BCUT2D eigenvalue weighted by Crippen LogP contribution is 2.20. The van der Waals surface area contributed by atoms with Gasteiger partial charge in [0.25, 0.3) is 0 Å². The van der Waals surface area contributed by atoms with Gasteiger partial charge in [0.15, 0.2) is 5.96 Å². The molecule has 1 atom stereocenters. The number of aliphatic imine (C=N–C) groups is 1. The number of hydrogen-bond donors (Lipinski definition) is 3. The van der Waals surface area contributed by atoms with Gasteiger partial charge in [0.2, 0.25) is 0 Å². The highest BCUT2D eigenvalue weighted by molar-refractivity contribution is 5.79. The van der Waals surface area contributed by atoms with E-state index in [0.29, 0.717) is 5.96 Å². The van der Waals surface area contributed by atoms with E-state index < -0.39 is 5.60 Å². The molecule has 0 aliphatic heterocycles. The summed E-state index contributed by atoms with van der Waals surface area (Å²) in [5.74, 6) is 0.694. The predicted octanol–water partition coefficient (Wildman–Crippen LogP) is 2.88. The predicted molar refractivity (Wildman–Crippen MR) is 117 cm³/mol. The molecule has 1 unspecified atom stereocenters. The zero-order valence-electron chi connectivity index (χ0n) is 17.0. The van der Waals surface area contributed by atoms with Gasteiger partial charge >= 0.3 is 0 Å². The fraction of sp³-hybridized carbons (Fsp3) is 0.304. The minimum Gasteiger partial charge on any atom is -0.384 e. The quantitative estimate of drug-likeness (QED) is 0.408. The Labute approximate surface area is 172 Å². The molecule has 29 heavy (non-hydrogen) atoms. The summed E-state index contributed by atoms with van der Waals surface area (Å²) < 4.78 is 1.88. The Morgan fingerprint density at radius 1 is 1.07 bits per heavy atom. The van der Waals surface area contributed by atoms with Crippen molar-refractivity contribution in [2.24, 2.45) is 4.99 Å². The first kappa shape index (κ1) is 20.6. The van der Waals surface area contributed by atoms with E-state index in [-0.39, 0.29) is 6.54 Å². The molecule has 6 nitrogen and oxygen atoms in total. The Hall–Kier alpha value is -3.12. The average Bonchev–Trinajstić information content (AvgIpc) is 3.22. The molecule has 0 aliphatic rings. The van der Waals surface area contributed by atoms with Crippen LogP contribution < -0.4 is 10.6 Å². The summed E-state index contributed by atoms with van der Waals surface area (Å²) in [5.41, 5.74) is 2.03. The average molecular weight is 392 g/mol.